The highest BCUT2D eigenvalue weighted by molar-refractivity contribution is 5.84. The predicted molar refractivity (Wildman–Crippen MR) is 86.9 cm³/mol. The van der Waals surface area contributed by atoms with Crippen molar-refractivity contribution in [2.75, 3.05) is 0 Å². The SMILES string of the molecule is O=C(N(F)C(F)(F)C(F)(F)C(F)(F)[N+](C(F)(F)F)(C(F)(F)F)C(F)(F)F)C(F)(F)C(F)(F)C(F)(F)C(F)(F)C(F)(F)C(F)(F)C(F)(F)C(F)(F)C(F)(F)F. The Balaban J connectivity index is 7.72. The normalized spacial score (nSPS) is 16.9. The number of nitrogens with zero attached hydrogens (tertiary/aromatic N) is 2. The highest BCUT2D eigenvalue weighted by Crippen LogP contribution is 2.67. The fourth-order valence-corrected chi connectivity index (χ4v) is 3.17. The molecule has 0 aromatic heterocycles. The molecule has 0 bridgehead atoms. The van der Waals surface area contributed by atoms with Crippen LogP contribution >= 0.6 is 0 Å². The molecule has 0 saturated carbocycles. The van der Waals surface area contributed by atoms with Gasteiger partial charge in [-0.2, -0.15) is 101 Å². The van der Waals surface area contributed by atoms with Crippen LogP contribution in [0.25, 0.3) is 0 Å². The van der Waals surface area contributed by atoms with Crippen LogP contribution in [0.3, 0.4) is 0 Å². The van der Waals surface area contributed by atoms with Gasteiger partial charge in [-0.15, -0.1) is 48.3 Å². The summed E-state index contributed by atoms with van der Waals surface area (Å²) in [5, 5.41) is -5.49. The number of amides is 1. The summed E-state index contributed by atoms with van der Waals surface area (Å²) in [6, 6.07) is -19.6. The molecule has 0 aliphatic carbocycles. The second kappa shape index (κ2) is 12.2. The van der Waals surface area contributed by atoms with Crippen molar-refractivity contribution in [1.29, 1.82) is 0 Å². The summed E-state index contributed by atoms with van der Waals surface area (Å²) in [5.74, 6) is -93.4. The molecule has 0 saturated heterocycles. The Morgan fingerprint density at radius 3 is 0.778 bits per heavy atom. The lowest BCUT2D eigenvalue weighted by Gasteiger charge is -2.46. The van der Waals surface area contributed by atoms with Crippen molar-refractivity contribution in [3.05, 3.63) is 0 Å². The van der Waals surface area contributed by atoms with Crippen LogP contribution in [0, 0.1) is 0 Å². The van der Waals surface area contributed by atoms with Gasteiger partial charge in [-0.05, 0) is 0 Å². The van der Waals surface area contributed by atoms with Crippen LogP contribution < -0.4 is 0 Å². The Kier molecular flexibility index (Phi) is 11.6. The molecule has 0 N–H and O–H groups in total. The average Bonchev–Trinajstić information content (AvgIpc) is 2.87. The second-order valence-electron chi connectivity index (χ2n) is 9.41. The van der Waals surface area contributed by atoms with Crippen molar-refractivity contribution in [2.45, 2.75) is 90.5 Å². The molecular weight excluding hydrogens is 901 g/mol. The molecule has 0 heterocycles. The van der Waals surface area contributed by atoms with Crippen LogP contribution in [-0.4, -0.2) is 106 Å². The quantitative estimate of drug-likeness (QED) is 0.0827. The Labute approximate surface area is 266 Å². The third-order valence-electron chi connectivity index (χ3n) is 6.13. The van der Waals surface area contributed by atoms with Gasteiger partial charge in [0.25, 0.3) is 0 Å². The largest absolute Gasteiger partial charge is 0.581 e. The van der Waals surface area contributed by atoms with E-state index in [1.54, 1.807) is 0 Å². The van der Waals surface area contributed by atoms with E-state index in [1.165, 1.54) is 0 Å². The fraction of sp³-hybridized carbons (Fsp3) is 0.938. The van der Waals surface area contributed by atoms with Crippen LogP contribution in [0.15, 0.2) is 0 Å². The van der Waals surface area contributed by atoms with Gasteiger partial charge < -0.3 is 0 Å². The van der Waals surface area contributed by atoms with Crippen LogP contribution in [0.4, 0.5) is 154 Å². The molecule has 0 radical (unpaired) electrons. The van der Waals surface area contributed by atoms with E-state index in [4.69, 9.17) is 0 Å². The summed E-state index contributed by atoms with van der Waals surface area (Å²) < 4.78 is 455. The third kappa shape index (κ3) is 5.84. The number of halogens is 35. The number of hydrogen-bond acceptors (Lipinski definition) is 1. The predicted octanol–water partition coefficient (Wildman–Crippen LogP) is 10.5. The van der Waals surface area contributed by atoms with Crippen LogP contribution in [-0.2, 0) is 4.79 Å². The van der Waals surface area contributed by atoms with E-state index >= 15 is 0 Å². The highest BCUT2D eigenvalue weighted by Gasteiger charge is 3.03. The molecular formula is C16F35N2O+. The van der Waals surface area contributed by atoms with Gasteiger partial charge in [0.1, 0.15) is 0 Å². The number of rotatable bonds is 12. The van der Waals surface area contributed by atoms with E-state index in [9.17, 15) is 159 Å². The van der Waals surface area contributed by atoms with Crippen molar-refractivity contribution in [2.24, 2.45) is 0 Å². The first-order valence-corrected chi connectivity index (χ1v) is 10.9. The van der Waals surface area contributed by atoms with E-state index in [-0.39, 0.29) is 0 Å². The van der Waals surface area contributed by atoms with Gasteiger partial charge in [0, 0.05) is 4.48 Å². The summed E-state index contributed by atoms with van der Waals surface area (Å²) in [6.07, 6.45) is -36.2. The molecule has 3 nitrogen and oxygen atoms in total. The van der Waals surface area contributed by atoms with Crippen LogP contribution in [0.2, 0.25) is 0 Å². The number of carbonyl (C=O) groups excluding carboxylic acids is 1. The Morgan fingerprint density at radius 1 is 0.333 bits per heavy atom. The fourth-order valence-electron chi connectivity index (χ4n) is 3.17. The molecule has 0 aliphatic rings. The van der Waals surface area contributed by atoms with Gasteiger partial charge in [0.05, 0.1) is 0 Å². The standard InChI is InChI=1S/C16F35N2O/c17-2(18,3(19,20)4(21,22)5(23,24)6(25,26)7(27,28)8(29,30)9(31,32)11(35,36)37)1(54)52(51)12(38,39)10(33,34)13(40,41)53(14(42,43)44,15(45,46)47)16(48,49)50/q+1. The van der Waals surface area contributed by atoms with Gasteiger partial charge in [0.2, 0.25) is 0 Å². The van der Waals surface area contributed by atoms with Gasteiger partial charge in [-0.1, -0.05) is 9.60 Å². The van der Waals surface area contributed by atoms with E-state index in [2.05, 4.69) is 0 Å². The van der Waals surface area contributed by atoms with Gasteiger partial charge in [0.15, 0.2) is 0 Å². The minimum atomic E-state index is -10.1. The Hall–Kier alpha value is -3.02. The lowest BCUT2D eigenvalue weighted by molar-refractivity contribution is -1.22. The molecule has 0 rings (SSSR count). The van der Waals surface area contributed by atoms with Crippen molar-refractivity contribution < 1.29 is 163 Å². The number of carbonyl (C=O) groups is 1. The molecule has 0 unspecified atom stereocenters. The Morgan fingerprint density at radius 2 is 0.556 bits per heavy atom. The first kappa shape index (κ1) is 51.0. The van der Waals surface area contributed by atoms with E-state index < -0.39 is 106 Å². The molecule has 54 heavy (non-hydrogen) atoms. The Bertz CT molecular complexity index is 1350. The van der Waals surface area contributed by atoms with Crippen molar-refractivity contribution in [3.8, 4) is 0 Å². The summed E-state index contributed by atoms with van der Waals surface area (Å²) >= 11 is 0. The van der Waals surface area contributed by atoms with Crippen molar-refractivity contribution in [3.63, 3.8) is 0 Å². The van der Waals surface area contributed by atoms with E-state index in [1.807, 2.05) is 0 Å². The average molecular weight is 901 g/mol. The number of hydrogen-bond donors (Lipinski definition) is 0. The number of alkyl halides is 34. The molecule has 0 aromatic carbocycles. The lowest BCUT2D eigenvalue weighted by atomic mass is 9.87. The van der Waals surface area contributed by atoms with Crippen molar-refractivity contribution >= 4 is 5.91 Å². The molecule has 0 fully saturated rings. The third-order valence-corrected chi connectivity index (χ3v) is 6.13. The van der Waals surface area contributed by atoms with E-state index in [0.717, 1.165) is 0 Å². The molecule has 38 heteroatoms. The maximum atomic E-state index is 13.9. The summed E-state index contributed by atoms with van der Waals surface area (Å²) in [7, 11) is 0. The maximum absolute atomic E-state index is 13.9. The first-order chi connectivity index (χ1) is 22.6. The highest BCUT2D eigenvalue weighted by atomic mass is 19.5. The van der Waals surface area contributed by atoms with Gasteiger partial charge in [-0.3, -0.25) is 4.79 Å². The molecule has 324 valence electrons. The minimum Gasteiger partial charge on any atom is -0.265 e. The lowest BCUT2D eigenvalue weighted by Crippen LogP contribution is -2.85. The first-order valence-electron chi connectivity index (χ1n) is 10.9. The number of quaternary nitrogens is 1. The smallest absolute Gasteiger partial charge is 0.265 e. The second-order valence-corrected chi connectivity index (χ2v) is 9.41. The maximum Gasteiger partial charge on any atom is 0.581 e. The zero-order chi connectivity index (χ0) is 45.2. The van der Waals surface area contributed by atoms with Gasteiger partial charge >= 0.3 is 96.4 Å². The molecule has 1 amide bonds. The minimum absolute atomic E-state index is 5.49. The topological polar surface area (TPSA) is 20.3 Å². The summed E-state index contributed by atoms with van der Waals surface area (Å²) in [5.41, 5.74) is 0. The van der Waals surface area contributed by atoms with Crippen molar-refractivity contribution in [1.82, 2.24) is 5.12 Å². The molecule has 0 atom stereocenters. The zero-order valence-corrected chi connectivity index (χ0v) is 22.5. The van der Waals surface area contributed by atoms with Crippen LogP contribution in [0.5, 0.6) is 0 Å². The molecule has 0 aromatic rings. The van der Waals surface area contributed by atoms with Crippen LogP contribution in [0.1, 0.15) is 0 Å². The monoisotopic (exact) mass is 901 g/mol. The summed E-state index contributed by atoms with van der Waals surface area (Å²) in [6.45, 7) is 0. The molecule has 0 spiro atoms. The van der Waals surface area contributed by atoms with Gasteiger partial charge in [-0.25, -0.2) is 0 Å². The summed E-state index contributed by atoms with van der Waals surface area (Å²) in [4.78, 5) is 11.0. The van der Waals surface area contributed by atoms with E-state index in [0.29, 0.717) is 0 Å². The molecule has 0 aliphatic heterocycles. The zero-order valence-electron chi connectivity index (χ0n) is 22.5.